The number of carbonyl (C=O) groups is 1. The van der Waals surface area contributed by atoms with E-state index >= 15 is 0 Å². The van der Waals surface area contributed by atoms with Crippen molar-refractivity contribution < 1.29 is 32.3 Å². The second-order valence-corrected chi connectivity index (χ2v) is 11.2. The van der Waals surface area contributed by atoms with Gasteiger partial charge in [0.25, 0.3) is 10.1 Å². The predicted molar refractivity (Wildman–Crippen MR) is 161 cm³/mol. The van der Waals surface area contributed by atoms with Crippen LogP contribution in [0, 0.1) is 0 Å². The molecule has 1 amide bonds. The van der Waals surface area contributed by atoms with Crippen molar-refractivity contribution in [3.63, 3.8) is 0 Å². The molecule has 11 heteroatoms. The molecule has 5 aromatic carbocycles. The molecule has 43 heavy (non-hydrogen) atoms. The Kier molecular flexibility index (Phi) is 7.26. The van der Waals surface area contributed by atoms with E-state index in [1.54, 1.807) is 24.3 Å². The third-order valence-corrected chi connectivity index (χ3v) is 8.12. The lowest BCUT2D eigenvalue weighted by molar-refractivity contribution is 0.158. The van der Waals surface area contributed by atoms with Crippen molar-refractivity contribution in [3.8, 4) is 22.6 Å². The number of carbonyl (C=O) groups excluding carboxylic acids is 1. The van der Waals surface area contributed by atoms with Crippen LogP contribution in [0.3, 0.4) is 0 Å². The number of aromatic hydroxyl groups is 1. The minimum atomic E-state index is -4.81. The predicted octanol–water partition coefficient (Wildman–Crippen LogP) is 7.58. The Balaban J connectivity index is 1.23. The van der Waals surface area contributed by atoms with Crippen molar-refractivity contribution >= 4 is 44.0 Å². The van der Waals surface area contributed by atoms with E-state index in [4.69, 9.17) is 9.47 Å². The number of benzene rings is 5. The molecule has 0 atom stereocenters. The van der Waals surface area contributed by atoms with Gasteiger partial charge in [0.05, 0.1) is 12.8 Å². The van der Waals surface area contributed by atoms with Gasteiger partial charge in [-0.3, -0.25) is 9.87 Å². The highest BCUT2D eigenvalue weighted by atomic mass is 32.2. The monoisotopic (exact) mass is 595 g/mol. The first-order chi connectivity index (χ1) is 20.7. The fourth-order valence-electron chi connectivity index (χ4n) is 5.23. The Bertz CT molecular complexity index is 1960. The zero-order valence-corrected chi connectivity index (χ0v) is 23.6. The van der Waals surface area contributed by atoms with E-state index < -0.39 is 32.5 Å². The lowest BCUT2D eigenvalue weighted by Gasteiger charge is -2.15. The van der Waals surface area contributed by atoms with E-state index in [9.17, 15) is 22.9 Å². The Morgan fingerprint density at radius 1 is 0.884 bits per heavy atom. The Morgan fingerprint density at radius 3 is 2.16 bits per heavy atom. The van der Waals surface area contributed by atoms with Gasteiger partial charge in [0, 0.05) is 17.0 Å². The molecule has 6 rings (SSSR count). The van der Waals surface area contributed by atoms with Gasteiger partial charge >= 0.3 is 6.09 Å². The van der Waals surface area contributed by atoms with Crippen molar-refractivity contribution in [2.45, 2.75) is 10.8 Å². The molecule has 0 aromatic heterocycles. The number of amides is 1. The van der Waals surface area contributed by atoms with Gasteiger partial charge in [0.15, 0.2) is 5.75 Å². The number of methoxy groups -OCH3 is 1. The maximum absolute atomic E-state index is 12.8. The third kappa shape index (κ3) is 5.51. The summed E-state index contributed by atoms with van der Waals surface area (Å²) in [6.45, 7) is 0.115. The smallest absolute Gasteiger partial charge is 0.411 e. The van der Waals surface area contributed by atoms with E-state index in [-0.39, 0.29) is 29.0 Å². The molecule has 3 N–H and O–H groups in total. The van der Waals surface area contributed by atoms with Crippen LogP contribution in [-0.2, 0) is 14.9 Å². The Morgan fingerprint density at radius 2 is 1.53 bits per heavy atom. The summed E-state index contributed by atoms with van der Waals surface area (Å²) in [7, 11) is -3.30. The summed E-state index contributed by atoms with van der Waals surface area (Å²) in [5.41, 5.74) is 4.61. The fraction of sp³-hybridized carbons (Fsp3) is 0.0938. The number of hydrogen-bond acceptors (Lipinski definition) is 8. The zero-order chi connectivity index (χ0) is 30.1. The minimum absolute atomic E-state index is 0.115. The number of rotatable bonds is 7. The van der Waals surface area contributed by atoms with Gasteiger partial charge in [0.2, 0.25) is 0 Å². The largest absolute Gasteiger partial charge is 0.505 e. The Labute approximate surface area is 247 Å². The molecule has 216 valence electrons. The van der Waals surface area contributed by atoms with Crippen molar-refractivity contribution in [1.82, 2.24) is 0 Å². The number of fused-ring (bicyclic) bond motifs is 4. The van der Waals surface area contributed by atoms with E-state index in [0.717, 1.165) is 28.3 Å². The van der Waals surface area contributed by atoms with Gasteiger partial charge in [-0.05, 0) is 76.2 Å². The molecule has 10 nitrogen and oxygen atoms in total. The van der Waals surface area contributed by atoms with Crippen molar-refractivity contribution in [3.05, 3.63) is 108 Å². The summed E-state index contributed by atoms with van der Waals surface area (Å²) in [5, 5.41) is 21.9. The van der Waals surface area contributed by atoms with Crippen LogP contribution in [-0.4, -0.2) is 37.9 Å². The first-order valence-electron chi connectivity index (χ1n) is 13.2. The van der Waals surface area contributed by atoms with Gasteiger partial charge in [-0.2, -0.15) is 13.5 Å². The summed E-state index contributed by atoms with van der Waals surface area (Å²) < 4.78 is 45.1. The maximum atomic E-state index is 12.8. The molecular formula is C32H25N3O7S. The van der Waals surface area contributed by atoms with E-state index in [2.05, 4.69) is 15.5 Å². The number of anilines is 1. The minimum Gasteiger partial charge on any atom is -0.505 e. The average Bonchev–Trinajstić information content (AvgIpc) is 3.32. The molecule has 0 saturated heterocycles. The van der Waals surface area contributed by atoms with E-state index in [0.29, 0.717) is 11.4 Å². The van der Waals surface area contributed by atoms with E-state index in [1.807, 2.05) is 48.5 Å². The van der Waals surface area contributed by atoms with Gasteiger partial charge in [-0.1, -0.05) is 48.5 Å². The standard InChI is InChI=1S/C32H25N3O7S/c1-41-22-13-10-20(11-14-22)34-35-30-29(43(38,39)40)17-19-16-21(12-15-23(19)31(30)36)33-32(37)42-18-28-26-8-4-2-6-24(26)25-7-3-5-9-27(25)28/h2-17,28,36H,18H2,1H3,(H,33,37)(H,38,39,40). The molecule has 0 spiro atoms. The molecule has 0 radical (unpaired) electrons. The second-order valence-electron chi connectivity index (χ2n) is 9.83. The summed E-state index contributed by atoms with van der Waals surface area (Å²) in [6, 6.07) is 28.1. The SMILES string of the molecule is COc1ccc(N=Nc2c(S(=O)(=O)O)cc3cc(NC(=O)OCC4c5ccccc5-c5ccccc54)ccc3c2O)cc1. The highest BCUT2D eigenvalue weighted by Gasteiger charge is 2.29. The first-order valence-corrected chi connectivity index (χ1v) is 14.6. The third-order valence-electron chi connectivity index (χ3n) is 7.26. The van der Waals surface area contributed by atoms with Crippen LogP contribution in [0.2, 0.25) is 0 Å². The van der Waals surface area contributed by atoms with Crippen molar-refractivity contribution in [2.24, 2.45) is 10.2 Å². The topological polar surface area (TPSA) is 147 Å². The summed E-state index contributed by atoms with van der Waals surface area (Å²) in [6.07, 6.45) is -0.703. The molecule has 0 bridgehead atoms. The lowest BCUT2D eigenvalue weighted by Crippen LogP contribution is -2.17. The lowest BCUT2D eigenvalue weighted by atomic mass is 9.98. The normalized spacial score (nSPS) is 12.7. The van der Waals surface area contributed by atoms with Crippen molar-refractivity contribution in [1.29, 1.82) is 0 Å². The van der Waals surface area contributed by atoms with Gasteiger partial charge < -0.3 is 14.6 Å². The number of hydrogen-bond donors (Lipinski definition) is 3. The Hall–Kier alpha value is -5.26. The summed E-state index contributed by atoms with van der Waals surface area (Å²) >= 11 is 0. The molecular weight excluding hydrogens is 570 g/mol. The van der Waals surface area contributed by atoms with Crippen LogP contribution in [0.4, 0.5) is 21.9 Å². The summed E-state index contributed by atoms with van der Waals surface area (Å²) in [4.78, 5) is 12.1. The molecule has 0 aliphatic heterocycles. The molecule has 0 heterocycles. The second kappa shape index (κ2) is 11.2. The molecule has 1 aliphatic carbocycles. The number of phenolic OH excluding ortho intramolecular Hbond substituents is 1. The van der Waals surface area contributed by atoms with Crippen LogP contribution in [0.5, 0.6) is 11.5 Å². The van der Waals surface area contributed by atoms with Crippen LogP contribution < -0.4 is 10.1 Å². The molecule has 5 aromatic rings. The summed E-state index contributed by atoms with van der Waals surface area (Å²) in [5.74, 6) is -0.0294. The van der Waals surface area contributed by atoms with Crippen LogP contribution in [0.15, 0.2) is 112 Å². The van der Waals surface area contributed by atoms with Crippen molar-refractivity contribution in [2.75, 3.05) is 19.0 Å². The first kappa shape index (κ1) is 27.9. The maximum Gasteiger partial charge on any atom is 0.411 e. The van der Waals surface area contributed by atoms with Crippen LogP contribution in [0.1, 0.15) is 17.0 Å². The number of nitrogens with one attached hydrogen (secondary N) is 1. The zero-order valence-electron chi connectivity index (χ0n) is 22.8. The number of azo groups is 1. The van der Waals surface area contributed by atoms with Crippen LogP contribution >= 0.6 is 0 Å². The van der Waals surface area contributed by atoms with Gasteiger partial charge in [-0.25, -0.2) is 4.79 Å². The number of ether oxygens (including phenoxy) is 2. The molecule has 0 fully saturated rings. The average molecular weight is 596 g/mol. The fourth-order valence-corrected chi connectivity index (χ4v) is 5.89. The highest BCUT2D eigenvalue weighted by Crippen LogP contribution is 2.45. The highest BCUT2D eigenvalue weighted by molar-refractivity contribution is 7.86. The van der Waals surface area contributed by atoms with Gasteiger partial charge in [-0.15, -0.1) is 5.11 Å². The quantitative estimate of drug-likeness (QED) is 0.130. The number of nitrogens with zero attached hydrogens (tertiary/aromatic N) is 2. The number of phenols is 1. The molecule has 0 unspecified atom stereocenters. The van der Waals surface area contributed by atoms with Gasteiger partial charge in [0.1, 0.15) is 22.9 Å². The van der Waals surface area contributed by atoms with Crippen LogP contribution in [0.25, 0.3) is 21.9 Å². The van der Waals surface area contributed by atoms with E-state index in [1.165, 1.54) is 25.3 Å². The molecule has 0 saturated carbocycles. The molecule has 1 aliphatic rings.